The number of rotatable bonds is 9. The molecule has 1 aromatic rings. The molecule has 1 aromatic carbocycles. The molecule has 0 aliphatic carbocycles. The molecule has 27 heavy (non-hydrogen) atoms. The number of amides is 1. The highest BCUT2D eigenvalue weighted by Crippen LogP contribution is 2.21. The van der Waals surface area contributed by atoms with Gasteiger partial charge in [-0.05, 0) is 70.6 Å². The number of carbonyl (C=O) groups excluding carboxylic acids is 1. The Labute approximate surface area is 163 Å². The van der Waals surface area contributed by atoms with Gasteiger partial charge in [0.25, 0.3) is 0 Å². The standard InChI is InChI=1S/C19H32N4O3S/c1-21(2)12-7-15-23(27(3,25)26)16-19(24)20-17-8-10-18(11-9-17)22-13-5-4-6-14-22/h8-11H,4-7,12-16H2,1-3H3,(H,20,24). The van der Waals surface area contributed by atoms with E-state index in [1.165, 1.54) is 23.6 Å². The lowest BCUT2D eigenvalue weighted by Crippen LogP contribution is -2.38. The van der Waals surface area contributed by atoms with Crippen LogP contribution < -0.4 is 10.2 Å². The van der Waals surface area contributed by atoms with Crippen LogP contribution in [0.4, 0.5) is 11.4 Å². The van der Waals surface area contributed by atoms with Crippen LogP contribution in [0, 0.1) is 0 Å². The second kappa shape index (κ2) is 10.1. The van der Waals surface area contributed by atoms with Crippen molar-refractivity contribution in [1.29, 1.82) is 0 Å². The van der Waals surface area contributed by atoms with E-state index in [9.17, 15) is 13.2 Å². The van der Waals surface area contributed by atoms with E-state index < -0.39 is 10.0 Å². The van der Waals surface area contributed by atoms with E-state index in [4.69, 9.17) is 0 Å². The predicted octanol–water partition coefficient (Wildman–Crippen LogP) is 1.83. The molecule has 8 heteroatoms. The Morgan fingerprint density at radius 2 is 1.70 bits per heavy atom. The summed E-state index contributed by atoms with van der Waals surface area (Å²) in [5, 5.41) is 2.80. The van der Waals surface area contributed by atoms with Gasteiger partial charge >= 0.3 is 0 Å². The molecule has 1 amide bonds. The first-order chi connectivity index (χ1) is 12.8. The fraction of sp³-hybridized carbons (Fsp3) is 0.632. The van der Waals surface area contributed by atoms with Crippen LogP contribution in [0.25, 0.3) is 0 Å². The molecule has 7 nitrogen and oxygen atoms in total. The van der Waals surface area contributed by atoms with Crippen LogP contribution in [0.3, 0.4) is 0 Å². The van der Waals surface area contributed by atoms with Crippen molar-refractivity contribution < 1.29 is 13.2 Å². The minimum atomic E-state index is -3.42. The van der Waals surface area contributed by atoms with Gasteiger partial charge in [0.1, 0.15) is 0 Å². The van der Waals surface area contributed by atoms with Crippen molar-refractivity contribution in [3.8, 4) is 0 Å². The molecule has 0 unspecified atom stereocenters. The number of hydrogen-bond acceptors (Lipinski definition) is 5. The van der Waals surface area contributed by atoms with Crippen LogP contribution >= 0.6 is 0 Å². The zero-order chi connectivity index (χ0) is 19.9. The number of sulfonamides is 1. The SMILES string of the molecule is CN(C)CCCN(CC(=O)Nc1ccc(N2CCCCC2)cc1)S(C)(=O)=O. The predicted molar refractivity (Wildman–Crippen MR) is 111 cm³/mol. The molecule has 0 spiro atoms. The molecule has 1 N–H and O–H groups in total. The quantitative estimate of drug-likeness (QED) is 0.689. The van der Waals surface area contributed by atoms with E-state index in [2.05, 4.69) is 10.2 Å². The fourth-order valence-corrected chi connectivity index (χ4v) is 4.01. The van der Waals surface area contributed by atoms with Crippen LogP contribution in [0.2, 0.25) is 0 Å². The smallest absolute Gasteiger partial charge is 0.239 e. The Hall–Kier alpha value is -1.64. The topological polar surface area (TPSA) is 73.0 Å². The molecule has 1 fully saturated rings. The lowest BCUT2D eigenvalue weighted by Gasteiger charge is -2.28. The van der Waals surface area contributed by atoms with Gasteiger partial charge in [0.2, 0.25) is 15.9 Å². The van der Waals surface area contributed by atoms with Crippen molar-refractivity contribution in [3.05, 3.63) is 24.3 Å². The Balaban J connectivity index is 1.90. The number of nitrogens with zero attached hydrogens (tertiary/aromatic N) is 3. The van der Waals surface area contributed by atoms with Crippen molar-refractivity contribution in [1.82, 2.24) is 9.21 Å². The molecular formula is C19H32N4O3S. The molecule has 1 aliphatic heterocycles. The van der Waals surface area contributed by atoms with Crippen LogP contribution in [0.5, 0.6) is 0 Å². The molecular weight excluding hydrogens is 364 g/mol. The molecule has 0 radical (unpaired) electrons. The third-order valence-corrected chi connectivity index (χ3v) is 5.92. The summed E-state index contributed by atoms with van der Waals surface area (Å²) in [4.78, 5) is 16.7. The number of hydrogen-bond donors (Lipinski definition) is 1. The number of carbonyl (C=O) groups is 1. The normalized spacial score (nSPS) is 15.4. The van der Waals surface area contributed by atoms with Gasteiger partial charge in [-0.15, -0.1) is 0 Å². The van der Waals surface area contributed by atoms with Gasteiger partial charge in [-0.1, -0.05) is 0 Å². The zero-order valence-corrected chi connectivity index (χ0v) is 17.5. The summed E-state index contributed by atoms with van der Waals surface area (Å²) in [6.45, 7) is 3.08. The van der Waals surface area contributed by atoms with Crippen molar-refractivity contribution in [3.63, 3.8) is 0 Å². The van der Waals surface area contributed by atoms with Crippen LogP contribution in [-0.4, -0.2) is 76.6 Å². The molecule has 152 valence electrons. The van der Waals surface area contributed by atoms with Crippen LogP contribution in [0.15, 0.2) is 24.3 Å². The third-order valence-electron chi connectivity index (χ3n) is 4.67. The third kappa shape index (κ3) is 7.48. The molecule has 1 heterocycles. The molecule has 0 saturated carbocycles. The zero-order valence-electron chi connectivity index (χ0n) is 16.6. The van der Waals surface area contributed by atoms with E-state index >= 15 is 0 Å². The number of piperidine rings is 1. The monoisotopic (exact) mass is 396 g/mol. The van der Waals surface area contributed by atoms with E-state index in [0.29, 0.717) is 18.7 Å². The first-order valence-electron chi connectivity index (χ1n) is 9.50. The minimum absolute atomic E-state index is 0.167. The van der Waals surface area contributed by atoms with Gasteiger partial charge in [-0.2, -0.15) is 4.31 Å². The van der Waals surface area contributed by atoms with Gasteiger partial charge in [-0.25, -0.2) is 8.42 Å². The molecule has 0 bridgehead atoms. The van der Waals surface area contributed by atoms with Crippen molar-refractivity contribution in [2.24, 2.45) is 0 Å². The lowest BCUT2D eigenvalue weighted by atomic mass is 10.1. The van der Waals surface area contributed by atoms with Gasteiger partial charge in [-0.3, -0.25) is 4.79 Å². The number of anilines is 2. The highest BCUT2D eigenvalue weighted by Gasteiger charge is 2.20. The van der Waals surface area contributed by atoms with Gasteiger partial charge in [0.15, 0.2) is 0 Å². The average Bonchev–Trinajstić information content (AvgIpc) is 2.61. The first-order valence-corrected chi connectivity index (χ1v) is 11.4. The van der Waals surface area contributed by atoms with Gasteiger partial charge < -0.3 is 15.1 Å². The molecule has 0 atom stereocenters. The highest BCUT2D eigenvalue weighted by atomic mass is 32.2. The van der Waals surface area contributed by atoms with Crippen molar-refractivity contribution >= 4 is 27.3 Å². The Morgan fingerprint density at radius 3 is 2.26 bits per heavy atom. The molecule has 2 rings (SSSR count). The van der Waals surface area contributed by atoms with E-state index in [1.807, 2.05) is 43.3 Å². The Kier molecular flexibility index (Phi) is 8.07. The summed E-state index contributed by atoms with van der Waals surface area (Å²) in [6.07, 6.45) is 5.54. The summed E-state index contributed by atoms with van der Waals surface area (Å²) in [7, 11) is 0.447. The second-order valence-electron chi connectivity index (χ2n) is 7.40. The van der Waals surface area contributed by atoms with E-state index in [-0.39, 0.29) is 12.5 Å². The summed E-state index contributed by atoms with van der Waals surface area (Å²) in [5.74, 6) is -0.323. The Morgan fingerprint density at radius 1 is 1.07 bits per heavy atom. The maximum atomic E-state index is 12.3. The molecule has 1 saturated heterocycles. The van der Waals surface area contributed by atoms with Crippen molar-refractivity contribution in [2.45, 2.75) is 25.7 Å². The summed E-state index contributed by atoms with van der Waals surface area (Å²) in [5.41, 5.74) is 1.84. The van der Waals surface area contributed by atoms with Crippen LogP contribution in [-0.2, 0) is 14.8 Å². The van der Waals surface area contributed by atoms with E-state index in [1.54, 1.807) is 0 Å². The highest BCUT2D eigenvalue weighted by molar-refractivity contribution is 7.88. The minimum Gasteiger partial charge on any atom is -0.372 e. The molecule has 0 aromatic heterocycles. The average molecular weight is 397 g/mol. The summed E-state index contributed by atoms with van der Waals surface area (Å²) < 4.78 is 25.1. The lowest BCUT2D eigenvalue weighted by molar-refractivity contribution is -0.116. The second-order valence-corrected chi connectivity index (χ2v) is 9.38. The van der Waals surface area contributed by atoms with Gasteiger partial charge in [0, 0.05) is 31.0 Å². The summed E-state index contributed by atoms with van der Waals surface area (Å²) in [6, 6.07) is 7.76. The number of nitrogens with one attached hydrogen (secondary N) is 1. The number of benzene rings is 1. The Bertz CT molecular complexity index is 698. The molecule has 1 aliphatic rings. The maximum absolute atomic E-state index is 12.3. The van der Waals surface area contributed by atoms with E-state index in [0.717, 1.165) is 31.6 Å². The van der Waals surface area contributed by atoms with Crippen LogP contribution in [0.1, 0.15) is 25.7 Å². The largest absolute Gasteiger partial charge is 0.372 e. The van der Waals surface area contributed by atoms with Gasteiger partial charge in [0.05, 0.1) is 12.8 Å². The maximum Gasteiger partial charge on any atom is 0.239 e. The first kappa shape index (κ1) is 21.7. The fourth-order valence-electron chi connectivity index (χ4n) is 3.19. The van der Waals surface area contributed by atoms with Crippen molar-refractivity contribution in [2.75, 3.05) is 63.3 Å². The summed E-state index contributed by atoms with van der Waals surface area (Å²) >= 11 is 0.